The number of guanidine groups is 1. The second kappa shape index (κ2) is 3.86. The van der Waals surface area contributed by atoms with Gasteiger partial charge in [-0.1, -0.05) is 12.1 Å². The third-order valence-electron chi connectivity index (χ3n) is 2.04. The zero-order valence-electron chi connectivity index (χ0n) is 8.64. The van der Waals surface area contributed by atoms with Crippen LogP contribution in [0.5, 0.6) is 0 Å². The summed E-state index contributed by atoms with van der Waals surface area (Å²) in [6.45, 7) is 0. The van der Waals surface area contributed by atoms with Crippen LogP contribution < -0.4 is 5.73 Å². The molecule has 78 valence electrons. The van der Waals surface area contributed by atoms with E-state index in [1.54, 1.807) is 4.90 Å². The lowest BCUT2D eigenvalue weighted by Gasteiger charge is -2.09. The summed E-state index contributed by atoms with van der Waals surface area (Å²) in [5.41, 5.74) is 5.74. The van der Waals surface area contributed by atoms with Crippen LogP contribution in [0.25, 0.3) is 10.1 Å². The van der Waals surface area contributed by atoms with Crippen molar-refractivity contribution in [2.24, 2.45) is 10.7 Å². The predicted octanol–water partition coefficient (Wildman–Crippen LogP) is 1.80. The summed E-state index contributed by atoms with van der Waals surface area (Å²) in [5.74, 6) is 1.16. The molecule has 2 rings (SSSR count). The largest absolute Gasteiger partial charge is 0.369 e. The number of fused-ring (bicyclic) bond motifs is 1. The molecule has 0 atom stereocenters. The van der Waals surface area contributed by atoms with Crippen LogP contribution in [0.4, 0.5) is 5.82 Å². The van der Waals surface area contributed by atoms with Crippen LogP contribution in [0.1, 0.15) is 0 Å². The van der Waals surface area contributed by atoms with Gasteiger partial charge in [-0.3, -0.25) is 0 Å². The molecule has 0 bridgehead atoms. The summed E-state index contributed by atoms with van der Waals surface area (Å²) in [4.78, 5) is 6.02. The minimum atomic E-state index is 0.464. The third-order valence-corrected chi connectivity index (χ3v) is 2.85. The Morgan fingerprint density at radius 3 is 2.87 bits per heavy atom. The molecule has 1 heterocycles. The Morgan fingerprint density at radius 2 is 2.13 bits per heavy atom. The van der Waals surface area contributed by atoms with E-state index in [1.807, 2.05) is 38.4 Å². The van der Waals surface area contributed by atoms with Gasteiger partial charge in [0.1, 0.15) is 0 Å². The number of nitrogens with two attached hydrogens (primary N) is 1. The Hall–Kier alpha value is -1.62. The molecule has 15 heavy (non-hydrogen) atoms. The normalized spacial score (nSPS) is 12.0. The molecule has 4 nitrogen and oxygen atoms in total. The molecule has 1 aromatic carbocycles. The SMILES string of the molecule is CN(C)C(N)=Nc1nsc2ccccc12. The van der Waals surface area contributed by atoms with Crippen molar-refractivity contribution < 1.29 is 0 Å². The molecule has 0 aliphatic carbocycles. The second-order valence-electron chi connectivity index (χ2n) is 3.37. The van der Waals surface area contributed by atoms with Crippen LogP contribution in [0.15, 0.2) is 29.3 Å². The highest BCUT2D eigenvalue weighted by atomic mass is 32.1. The maximum absolute atomic E-state index is 5.74. The second-order valence-corrected chi connectivity index (χ2v) is 4.17. The number of nitrogens with zero attached hydrogens (tertiary/aromatic N) is 3. The van der Waals surface area contributed by atoms with E-state index >= 15 is 0 Å². The van der Waals surface area contributed by atoms with E-state index in [1.165, 1.54) is 11.5 Å². The zero-order chi connectivity index (χ0) is 10.8. The topological polar surface area (TPSA) is 54.5 Å². The zero-order valence-corrected chi connectivity index (χ0v) is 9.45. The van der Waals surface area contributed by atoms with Gasteiger partial charge in [-0.2, -0.15) is 9.37 Å². The molecular weight excluding hydrogens is 208 g/mol. The highest BCUT2D eigenvalue weighted by Crippen LogP contribution is 2.28. The fourth-order valence-corrected chi connectivity index (χ4v) is 1.88. The van der Waals surface area contributed by atoms with Crippen molar-refractivity contribution >= 4 is 33.4 Å². The van der Waals surface area contributed by atoms with Crippen molar-refractivity contribution in [3.8, 4) is 0 Å². The molecule has 0 saturated heterocycles. The van der Waals surface area contributed by atoms with Crippen LogP contribution in [0.3, 0.4) is 0 Å². The highest BCUT2D eigenvalue weighted by Gasteiger charge is 2.04. The summed E-state index contributed by atoms with van der Waals surface area (Å²) in [7, 11) is 3.71. The summed E-state index contributed by atoms with van der Waals surface area (Å²) in [6.07, 6.45) is 0. The smallest absolute Gasteiger partial charge is 0.197 e. The number of hydrogen-bond acceptors (Lipinski definition) is 3. The molecule has 0 spiro atoms. The minimum absolute atomic E-state index is 0.464. The first kappa shape index (κ1) is 9.92. The monoisotopic (exact) mass is 220 g/mol. The molecule has 5 heteroatoms. The van der Waals surface area contributed by atoms with E-state index in [0.29, 0.717) is 11.8 Å². The van der Waals surface area contributed by atoms with Gasteiger partial charge in [0.05, 0.1) is 4.70 Å². The third kappa shape index (κ3) is 1.92. The van der Waals surface area contributed by atoms with Gasteiger partial charge in [0.15, 0.2) is 11.8 Å². The first-order chi connectivity index (χ1) is 7.18. The van der Waals surface area contributed by atoms with Crippen molar-refractivity contribution in [1.29, 1.82) is 0 Å². The van der Waals surface area contributed by atoms with E-state index < -0.39 is 0 Å². The fourth-order valence-electron chi connectivity index (χ4n) is 1.16. The van der Waals surface area contributed by atoms with E-state index in [2.05, 4.69) is 9.37 Å². The summed E-state index contributed by atoms with van der Waals surface area (Å²) in [6, 6.07) is 7.99. The maximum atomic E-state index is 5.74. The molecule has 1 aromatic heterocycles. The Morgan fingerprint density at radius 1 is 1.40 bits per heavy atom. The fraction of sp³-hybridized carbons (Fsp3) is 0.200. The number of rotatable bonds is 1. The Balaban J connectivity index is 2.49. The molecule has 0 unspecified atom stereocenters. The lowest BCUT2D eigenvalue weighted by Crippen LogP contribution is -2.29. The van der Waals surface area contributed by atoms with Crippen molar-refractivity contribution in [3.05, 3.63) is 24.3 Å². The molecule has 2 aromatic rings. The summed E-state index contributed by atoms with van der Waals surface area (Å²) in [5, 5.41) is 1.05. The maximum Gasteiger partial charge on any atom is 0.197 e. The van der Waals surface area contributed by atoms with Crippen molar-refractivity contribution in [1.82, 2.24) is 9.27 Å². The molecule has 2 N–H and O–H groups in total. The molecule has 0 fully saturated rings. The van der Waals surface area contributed by atoms with Gasteiger partial charge in [-0.05, 0) is 23.7 Å². The standard InChI is InChI=1S/C10H12N4S/c1-14(2)10(11)12-9-7-5-3-4-6-8(7)15-13-9/h3-6H,1-2H3,(H2,11,12,13). The average Bonchev–Trinajstić information content (AvgIpc) is 2.62. The van der Waals surface area contributed by atoms with Gasteiger partial charge in [0.25, 0.3) is 0 Å². The van der Waals surface area contributed by atoms with E-state index in [4.69, 9.17) is 5.73 Å². The van der Waals surface area contributed by atoms with E-state index in [0.717, 1.165) is 10.1 Å². The van der Waals surface area contributed by atoms with Crippen LogP contribution in [0, 0.1) is 0 Å². The molecule has 0 amide bonds. The quantitative estimate of drug-likeness (QED) is 0.589. The van der Waals surface area contributed by atoms with Gasteiger partial charge < -0.3 is 10.6 Å². The van der Waals surface area contributed by atoms with E-state index in [-0.39, 0.29) is 0 Å². The van der Waals surface area contributed by atoms with Gasteiger partial charge in [0, 0.05) is 19.5 Å². The molecule has 0 saturated carbocycles. The number of benzene rings is 1. The van der Waals surface area contributed by atoms with Crippen LogP contribution in [0.2, 0.25) is 0 Å². The minimum Gasteiger partial charge on any atom is -0.369 e. The lowest BCUT2D eigenvalue weighted by molar-refractivity contribution is 0.614. The highest BCUT2D eigenvalue weighted by molar-refractivity contribution is 7.13. The average molecular weight is 220 g/mol. The number of hydrogen-bond donors (Lipinski definition) is 1. The van der Waals surface area contributed by atoms with Gasteiger partial charge in [-0.15, -0.1) is 0 Å². The number of aliphatic imine (C=N–C) groups is 1. The Bertz CT molecular complexity index is 501. The molecule has 0 aliphatic rings. The first-order valence-corrected chi connectivity index (χ1v) is 5.31. The van der Waals surface area contributed by atoms with Crippen molar-refractivity contribution in [2.45, 2.75) is 0 Å². The lowest BCUT2D eigenvalue weighted by atomic mass is 10.3. The van der Waals surface area contributed by atoms with Gasteiger partial charge in [-0.25, -0.2) is 0 Å². The Kier molecular flexibility index (Phi) is 2.55. The summed E-state index contributed by atoms with van der Waals surface area (Å²) >= 11 is 1.44. The molecule has 0 radical (unpaired) electrons. The summed E-state index contributed by atoms with van der Waals surface area (Å²) < 4.78 is 5.39. The number of aromatic nitrogens is 1. The van der Waals surface area contributed by atoms with Crippen LogP contribution in [-0.4, -0.2) is 29.3 Å². The molecular formula is C10H12N4S. The van der Waals surface area contributed by atoms with Crippen molar-refractivity contribution in [3.63, 3.8) is 0 Å². The first-order valence-electron chi connectivity index (χ1n) is 4.54. The van der Waals surface area contributed by atoms with Crippen LogP contribution >= 0.6 is 11.5 Å². The van der Waals surface area contributed by atoms with Crippen molar-refractivity contribution in [2.75, 3.05) is 14.1 Å². The molecule has 0 aliphatic heterocycles. The van der Waals surface area contributed by atoms with Gasteiger partial charge >= 0.3 is 0 Å². The van der Waals surface area contributed by atoms with Gasteiger partial charge in [0.2, 0.25) is 0 Å². The van der Waals surface area contributed by atoms with Crippen LogP contribution in [-0.2, 0) is 0 Å². The Labute approximate surface area is 92.2 Å². The predicted molar refractivity (Wildman–Crippen MR) is 64.6 cm³/mol. The van der Waals surface area contributed by atoms with E-state index in [9.17, 15) is 0 Å².